The van der Waals surface area contributed by atoms with E-state index in [9.17, 15) is 9.59 Å². The third-order valence-electron chi connectivity index (χ3n) is 3.63. The number of aliphatic carboxylic acids is 1. The number of hydrogen-bond acceptors (Lipinski definition) is 4. The van der Waals surface area contributed by atoms with Gasteiger partial charge in [-0.3, -0.25) is 9.59 Å². The number of amides is 1. The van der Waals surface area contributed by atoms with Crippen LogP contribution < -0.4 is 0 Å². The summed E-state index contributed by atoms with van der Waals surface area (Å²) in [4.78, 5) is 24.8. The van der Waals surface area contributed by atoms with Crippen molar-refractivity contribution in [1.82, 2.24) is 19.9 Å². The van der Waals surface area contributed by atoms with E-state index in [2.05, 4.69) is 10.3 Å². The van der Waals surface area contributed by atoms with Crippen molar-refractivity contribution < 1.29 is 14.7 Å². The fraction of sp³-hybridized carbons (Fsp3) is 0.286. The highest BCUT2D eigenvalue weighted by atomic mass is 16.4. The molecule has 0 saturated carbocycles. The van der Waals surface area contributed by atoms with Gasteiger partial charge in [-0.1, -0.05) is 5.21 Å². The number of nitrogens with zero attached hydrogens (tertiary/aromatic N) is 4. The monoisotopic (exact) mass is 286 g/mol. The van der Waals surface area contributed by atoms with Gasteiger partial charge in [0, 0.05) is 18.7 Å². The molecule has 3 rings (SSSR count). The van der Waals surface area contributed by atoms with E-state index >= 15 is 0 Å². The molecule has 0 bridgehead atoms. The van der Waals surface area contributed by atoms with Gasteiger partial charge >= 0.3 is 5.97 Å². The number of carbonyl (C=O) groups is 2. The number of carboxylic acid groups (broad SMARTS) is 1. The number of carboxylic acids is 1. The number of benzene rings is 1. The van der Waals surface area contributed by atoms with Crippen LogP contribution in [0.1, 0.15) is 16.8 Å². The van der Waals surface area contributed by atoms with Gasteiger partial charge in [-0.15, -0.1) is 5.10 Å². The minimum atomic E-state index is -0.841. The highest BCUT2D eigenvalue weighted by molar-refractivity contribution is 5.95. The van der Waals surface area contributed by atoms with Gasteiger partial charge in [-0.05, 0) is 30.7 Å². The lowest BCUT2D eigenvalue weighted by atomic mass is 10.1. The average molecular weight is 286 g/mol. The van der Waals surface area contributed by atoms with Crippen LogP contribution in [0.2, 0.25) is 0 Å². The third kappa shape index (κ3) is 2.62. The van der Waals surface area contributed by atoms with E-state index in [0.717, 1.165) is 5.69 Å². The Morgan fingerprint density at radius 2 is 2.00 bits per heavy atom. The van der Waals surface area contributed by atoms with Crippen LogP contribution in [0, 0.1) is 5.92 Å². The maximum Gasteiger partial charge on any atom is 0.308 e. The molecule has 1 unspecified atom stereocenters. The van der Waals surface area contributed by atoms with Gasteiger partial charge in [0.05, 0.1) is 24.0 Å². The zero-order chi connectivity index (χ0) is 14.8. The van der Waals surface area contributed by atoms with E-state index in [0.29, 0.717) is 18.5 Å². The number of likely N-dealkylation sites (tertiary alicyclic amines) is 1. The first-order valence-corrected chi connectivity index (χ1v) is 6.64. The first-order chi connectivity index (χ1) is 10.1. The molecule has 1 atom stereocenters. The lowest BCUT2D eigenvalue weighted by Gasteiger charge is -2.16. The summed E-state index contributed by atoms with van der Waals surface area (Å²) in [6, 6.07) is 7.00. The van der Waals surface area contributed by atoms with E-state index in [1.165, 1.54) is 0 Å². The second-order valence-corrected chi connectivity index (χ2v) is 4.97. The Hall–Kier alpha value is -2.70. The zero-order valence-corrected chi connectivity index (χ0v) is 11.2. The molecule has 2 heterocycles. The Balaban J connectivity index is 1.72. The lowest BCUT2D eigenvalue weighted by Crippen LogP contribution is -2.29. The molecule has 1 aliphatic rings. The summed E-state index contributed by atoms with van der Waals surface area (Å²) in [6.07, 6.45) is 3.81. The molecule has 7 nitrogen and oxygen atoms in total. The first-order valence-electron chi connectivity index (χ1n) is 6.64. The number of aromatic nitrogens is 3. The summed E-state index contributed by atoms with van der Waals surface area (Å²) in [7, 11) is 0. The summed E-state index contributed by atoms with van der Waals surface area (Å²) in [5.41, 5.74) is 1.36. The maximum absolute atomic E-state index is 12.3. The topological polar surface area (TPSA) is 88.3 Å². The molecule has 1 aromatic heterocycles. The second-order valence-electron chi connectivity index (χ2n) is 4.97. The number of carbonyl (C=O) groups excluding carboxylic acids is 1. The van der Waals surface area contributed by atoms with E-state index in [4.69, 9.17) is 5.11 Å². The standard InChI is InChI=1S/C14H14N4O3/c19-13(17-7-5-11(9-17)14(20)21)10-1-3-12(4-2-10)18-8-6-15-16-18/h1-4,6,8,11H,5,7,9H2,(H,20,21). The van der Waals surface area contributed by atoms with Crippen molar-refractivity contribution in [3.63, 3.8) is 0 Å². The predicted octanol–water partition coefficient (Wildman–Crippen LogP) is 0.814. The van der Waals surface area contributed by atoms with Crippen molar-refractivity contribution in [2.45, 2.75) is 6.42 Å². The molecule has 1 fully saturated rings. The molecular formula is C14H14N4O3. The van der Waals surface area contributed by atoms with Gasteiger partial charge < -0.3 is 10.0 Å². The Labute approximate surface area is 120 Å². The molecule has 7 heteroatoms. The van der Waals surface area contributed by atoms with Gasteiger partial charge in [0.2, 0.25) is 0 Å². The Bertz CT molecular complexity index is 651. The summed E-state index contributed by atoms with van der Waals surface area (Å²) < 4.78 is 1.60. The van der Waals surface area contributed by atoms with E-state index in [1.807, 2.05) is 0 Å². The largest absolute Gasteiger partial charge is 0.481 e. The van der Waals surface area contributed by atoms with Gasteiger partial charge in [0.25, 0.3) is 5.91 Å². The Morgan fingerprint density at radius 1 is 1.24 bits per heavy atom. The van der Waals surface area contributed by atoms with Gasteiger partial charge in [0.15, 0.2) is 0 Å². The minimum absolute atomic E-state index is 0.135. The highest BCUT2D eigenvalue weighted by Gasteiger charge is 2.31. The summed E-state index contributed by atoms with van der Waals surface area (Å²) >= 11 is 0. The fourth-order valence-electron chi connectivity index (χ4n) is 2.43. The molecule has 1 aliphatic heterocycles. The van der Waals surface area contributed by atoms with Gasteiger partial charge in [0.1, 0.15) is 0 Å². The molecule has 0 spiro atoms. The minimum Gasteiger partial charge on any atom is -0.481 e. The van der Waals surface area contributed by atoms with Crippen molar-refractivity contribution in [3.05, 3.63) is 42.2 Å². The van der Waals surface area contributed by atoms with Crippen LogP contribution >= 0.6 is 0 Å². The first kappa shape index (κ1) is 13.3. The second kappa shape index (κ2) is 5.35. The van der Waals surface area contributed by atoms with E-state index in [-0.39, 0.29) is 12.5 Å². The lowest BCUT2D eigenvalue weighted by molar-refractivity contribution is -0.141. The third-order valence-corrected chi connectivity index (χ3v) is 3.63. The molecule has 108 valence electrons. The fourth-order valence-corrected chi connectivity index (χ4v) is 2.43. The molecule has 0 aliphatic carbocycles. The van der Waals surface area contributed by atoms with Crippen LogP contribution in [0.25, 0.3) is 5.69 Å². The van der Waals surface area contributed by atoms with Gasteiger partial charge in [-0.2, -0.15) is 0 Å². The van der Waals surface area contributed by atoms with Gasteiger partial charge in [-0.25, -0.2) is 4.68 Å². The zero-order valence-electron chi connectivity index (χ0n) is 11.2. The van der Waals surface area contributed by atoms with Crippen molar-refractivity contribution in [3.8, 4) is 5.69 Å². The van der Waals surface area contributed by atoms with Crippen molar-refractivity contribution in [2.75, 3.05) is 13.1 Å². The van der Waals surface area contributed by atoms with Crippen molar-refractivity contribution in [2.24, 2.45) is 5.92 Å². The van der Waals surface area contributed by atoms with Crippen LogP contribution in [0.4, 0.5) is 0 Å². The van der Waals surface area contributed by atoms with E-state index < -0.39 is 11.9 Å². The Morgan fingerprint density at radius 3 is 2.57 bits per heavy atom. The van der Waals surface area contributed by atoms with Crippen molar-refractivity contribution >= 4 is 11.9 Å². The van der Waals surface area contributed by atoms with Crippen LogP contribution in [0.5, 0.6) is 0 Å². The summed E-state index contributed by atoms with van der Waals surface area (Å²) in [5, 5.41) is 16.6. The molecule has 2 aromatic rings. The smallest absolute Gasteiger partial charge is 0.308 e. The van der Waals surface area contributed by atoms with Crippen LogP contribution in [0.15, 0.2) is 36.7 Å². The SMILES string of the molecule is O=C(O)C1CCN(C(=O)c2ccc(-n3ccnn3)cc2)C1. The quantitative estimate of drug-likeness (QED) is 0.902. The van der Waals surface area contributed by atoms with Crippen LogP contribution in [-0.2, 0) is 4.79 Å². The number of rotatable bonds is 3. The van der Waals surface area contributed by atoms with E-state index in [1.54, 1.807) is 46.2 Å². The summed E-state index contributed by atoms with van der Waals surface area (Å²) in [5.74, 6) is -1.43. The van der Waals surface area contributed by atoms with Crippen LogP contribution in [0.3, 0.4) is 0 Å². The average Bonchev–Trinajstić information content (AvgIpc) is 3.18. The molecule has 1 aromatic carbocycles. The highest BCUT2D eigenvalue weighted by Crippen LogP contribution is 2.19. The molecule has 1 N–H and O–H groups in total. The molecule has 1 amide bonds. The molecular weight excluding hydrogens is 272 g/mol. The summed E-state index contributed by atoms with van der Waals surface area (Å²) in [6.45, 7) is 0.764. The molecule has 0 radical (unpaired) electrons. The normalized spacial score (nSPS) is 17.9. The predicted molar refractivity (Wildman–Crippen MR) is 73.0 cm³/mol. The number of hydrogen-bond donors (Lipinski definition) is 1. The maximum atomic E-state index is 12.3. The van der Waals surface area contributed by atoms with Crippen molar-refractivity contribution in [1.29, 1.82) is 0 Å². The van der Waals surface area contributed by atoms with Crippen LogP contribution in [-0.4, -0.2) is 50.0 Å². The molecule has 1 saturated heterocycles. The Kier molecular flexibility index (Phi) is 3.39. The molecule has 21 heavy (non-hydrogen) atoms.